The van der Waals surface area contributed by atoms with Gasteiger partial charge in [0.05, 0.1) is 21.4 Å². The zero-order chi connectivity index (χ0) is 14.9. The maximum atomic E-state index is 13.1. The fourth-order valence-electron chi connectivity index (χ4n) is 2.07. The van der Waals surface area contributed by atoms with E-state index in [0.717, 1.165) is 11.3 Å². The first-order chi connectivity index (χ1) is 9.38. The van der Waals surface area contributed by atoms with Crippen molar-refractivity contribution in [2.75, 3.05) is 5.32 Å². The third-order valence-electron chi connectivity index (χ3n) is 2.95. The maximum Gasteiger partial charge on any atom is 0.126 e. The highest BCUT2D eigenvalue weighted by Crippen LogP contribution is 2.32. The lowest BCUT2D eigenvalue weighted by Gasteiger charge is -2.11. The molecule has 0 aliphatic heterocycles. The summed E-state index contributed by atoms with van der Waals surface area (Å²) in [6, 6.07) is 2.48. The number of aromatic nitrogens is 2. The second-order valence-corrected chi connectivity index (χ2v) is 5.78. The minimum atomic E-state index is -0.449. The van der Waals surface area contributed by atoms with E-state index in [-0.39, 0.29) is 10.0 Å². The van der Waals surface area contributed by atoms with Gasteiger partial charge in [0.15, 0.2) is 0 Å². The molecule has 0 saturated carbocycles. The number of nitrogens with zero attached hydrogens (tertiary/aromatic N) is 2. The molecule has 1 N–H and O–H groups in total. The molecule has 1 heterocycles. The van der Waals surface area contributed by atoms with Crippen molar-refractivity contribution in [2.24, 2.45) is 7.05 Å². The van der Waals surface area contributed by atoms with Gasteiger partial charge < -0.3 is 5.32 Å². The van der Waals surface area contributed by atoms with Crippen LogP contribution in [-0.2, 0) is 13.6 Å². The molecule has 3 nitrogen and oxygen atoms in total. The van der Waals surface area contributed by atoms with Crippen molar-refractivity contribution in [2.45, 2.75) is 26.3 Å². The highest BCUT2D eigenvalue weighted by atomic mass is 35.5. The van der Waals surface area contributed by atoms with Crippen LogP contribution in [0.25, 0.3) is 0 Å². The van der Waals surface area contributed by atoms with Crippen molar-refractivity contribution in [3.05, 3.63) is 45.4 Å². The van der Waals surface area contributed by atoms with Crippen molar-refractivity contribution in [3.8, 4) is 0 Å². The first kappa shape index (κ1) is 15.1. The lowest BCUT2D eigenvalue weighted by Crippen LogP contribution is -2.03. The summed E-state index contributed by atoms with van der Waals surface area (Å²) in [4.78, 5) is 0. The van der Waals surface area contributed by atoms with Gasteiger partial charge in [0.25, 0.3) is 0 Å². The molecule has 6 heteroatoms. The van der Waals surface area contributed by atoms with Crippen molar-refractivity contribution < 1.29 is 4.39 Å². The van der Waals surface area contributed by atoms with E-state index in [2.05, 4.69) is 24.3 Å². The lowest BCUT2D eigenvalue weighted by atomic mass is 10.1. The zero-order valence-corrected chi connectivity index (χ0v) is 13.1. The molecule has 0 unspecified atom stereocenters. The van der Waals surface area contributed by atoms with Gasteiger partial charge in [-0.15, -0.1) is 0 Å². The summed E-state index contributed by atoms with van der Waals surface area (Å²) in [6.07, 6.45) is 1.95. The average molecular weight is 316 g/mol. The number of aryl methyl sites for hydroxylation is 1. The third-order valence-corrected chi connectivity index (χ3v) is 3.54. The molecule has 0 atom stereocenters. The smallest absolute Gasteiger partial charge is 0.126 e. The van der Waals surface area contributed by atoms with Gasteiger partial charge in [-0.2, -0.15) is 5.10 Å². The van der Waals surface area contributed by atoms with Crippen molar-refractivity contribution >= 4 is 28.9 Å². The summed E-state index contributed by atoms with van der Waals surface area (Å²) in [5.74, 6) is -0.123. The molecule has 0 aliphatic carbocycles. The Morgan fingerprint density at radius 1 is 1.30 bits per heavy atom. The first-order valence-corrected chi connectivity index (χ1v) is 7.05. The fraction of sp³-hybridized carbons (Fsp3) is 0.357. The summed E-state index contributed by atoms with van der Waals surface area (Å²) in [6.45, 7) is 4.71. The minimum Gasteiger partial charge on any atom is -0.378 e. The Hall–Kier alpha value is -1.26. The van der Waals surface area contributed by atoms with Gasteiger partial charge in [-0.1, -0.05) is 37.0 Å². The Balaban J connectivity index is 2.21. The predicted molar refractivity (Wildman–Crippen MR) is 81.0 cm³/mol. The Morgan fingerprint density at radius 2 is 1.90 bits per heavy atom. The van der Waals surface area contributed by atoms with E-state index in [1.165, 1.54) is 12.1 Å². The number of hydrogen-bond donors (Lipinski definition) is 1. The van der Waals surface area contributed by atoms with Crippen LogP contribution in [0.5, 0.6) is 0 Å². The Labute approximate surface area is 127 Å². The van der Waals surface area contributed by atoms with Crippen LogP contribution in [0, 0.1) is 5.82 Å². The van der Waals surface area contributed by atoms with Crippen LogP contribution in [0.1, 0.15) is 31.0 Å². The van der Waals surface area contributed by atoms with Gasteiger partial charge in [-0.3, -0.25) is 4.68 Å². The van der Waals surface area contributed by atoms with Gasteiger partial charge >= 0.3 is 0 Å². The summed E-state index contributed by atoms with van der Waals surface area (Å²) in [7, 11) is 1.88. The topological polar surface area (TPSA) is 29.9 Å². The van der Waals surface area contributed by atoms with E-state index in [0.29, 0.717) is 18.2 Å². The highest BCUT2D eigenvalue weighted by Gasteiger charge is 2.13. The van der Waals surface area contributed by atoms with E-state index in [4.69, 9.17) is 23.2 Å². The molecule has 108 valence electrons. The van der Waals surface area contributed by atoms with Crippen molar-refractivity contribution in [3.63, 3.8) is 0 Å². The quantitative estimate of drug-likeness (QED) is 0.893. The van der Waals surface area contributed by atoms with E-state index in [1.54, 1.807) is 4.68 Å². The average Bonchev–Trinajstić information content (AvgIpc) is 2.69. The number of rotatable bonds is 4. The summed E-state index contributed by atoms with van der Waals surface area (Å²) in [5.41, 5.74) is 2.63. The van der Waals surface area contributed by atoms with Crippen LogP contribution < -0.4 is 5.32 Å². The molecule has 0 aliphatic rings. The van der Waals surface area contributed by atoms with Gasteiger partial charge in [-0.25, -0.2) is 4.39 Å². The molecule has 0 amide bonds. The molecule has 2 aromatic rings. The Kier molecular flexibility index (Phi) is 4.55. The van der Waals surface area contributed by atoms with Gasteiger partial charge in [-0.05, 0) is 18.1 Å². The van der Waals surface area contributed by atoms with Gasteiger partial charge in [0.1, 0.15) is 5.82 Å². The van der Waals surface area contributed by atoms with Crippen molar-refractivity contribution in [1.29, 1.82) is 0 Å². The molecule has 0 spiro atoms. The molecule has 1 aromatic heterocycles. The molecule has 0 bridgehead atoms. The Morgan fingerprint density at radius 3 is 2.45 bits per heavy atom. The second kappa shape index (κ2) is 6.02. The number of hydrogen-bond acceptors (Lipinski definition) is 2. The lowest BCUT2D eigenvalue weighted by molar-refractivity contribution is 0.628. The monoisotopic (exact) mass is 315 g/mol. The van der Waals surface area contributed by atoms with E-state index < -0.39 is 5.82 Å². The van der Waals surface area contributed by atoms with Crippen LogP contribution in [0.3, 0.4) is 0 Å². The van der Waals surface area contributed by atoms with Crippen molar-refractivity contribution in [1.82, 2.24) is 9.78 Å². The SMILES string of the molecule is CC(C)c1nn(C)cc1CNc1c(Cl)cc(F)cc1Cl. The number of halogens is 3. The van der Waals surface area contributed by atoms with Crippen LogP contribution in [0.4, 0.5) is 10.1 Å². The molecule has 0 saturated heterocycles. The number of nitrogens with one attached hydrogen (secondary N) is 1. The van der Waals surface area contributed by atoms with Crippen LogP contribution in [-0.4, -0.2) is 9.78 Å². The van der Waals surface area contributed by atoms with Gasteiger partial charge in [0.2, 0.25) is 0 Å². The molecule has 0 radical (unpaired) electrons. The highest BCUT2D eigenvalue weighted by molar-refractivity contribution is 6.39. The van der Waals surface area contributed by atoms with Gasteiger partial charge in [0, 0.05) is 25.4 Å². The molecular weight excluding hydrogens is 300 g/mol. The number of anilines is 1. The third kappa shape index (κ3) is 3.25. The molecular formula is C14H16Cl2FN3. The fourth-order valence-corrected chi connectivity index (χ4v) is 2.67. The van der Waals surface area contributed by atoms with E-state index >= 15 is 0 Å². The molecule has 20 heavy (non-hydrogen) atoms. The van der Waals surface area contributed by atoms with Crippen LogP contribution in [0.15, 0.2) is 18.3 Å². The largest absolute Gasteiger partial charge is 0.378 e. The molecule has 2 rings (SSSR count). The van der Waals surface area contributed by atoms with Crippen LogP contribution >= 0.6 is 23.2 Å². The summed E-state index contributed by atoms with van der Waals surface area (Å²) in [5, 5.41) is 8.12. The Bertz CT molecular complexity index is 600. The van der Waals surface area contributed by atoms with Crippen LogP contribution in [0.2, 0.25) is 10.0 Å². The molecule has 1 aromatic carbocycles. The summed E-state index contributed by atoms with van der Waals surface area (Å²) >= 11 is 12.0. The first-order valence-electron chi connectivity index (χ1n) is 6.29. The minimum absolute atomic E-state index is 0.269. The predicted octanol–water partition coefficient (Wildman–Crippen LogP) is 4.60. The maximum absolute atomic E-state index is 13.1. The number of benzene rings is 1. The standard InChI is InChI=1S/C14H16Cl2FN3/c1-8(2)13-9(7-20(3)19-13)6-18-14-11(15)4-10(17)5-12(14)16/h4-5,7-8,18H,6H2,1-3H3. The summed E-state index contributed by atoms with van der Waals surface area (Å²) < 4.78 is 14.9. The van der Waals surface area contributed by atoms with E-state index in [9.17, 15) is 4.39 Å². The van der Waals surface area contributed by atoms with E-state index in [1.807, 2.05) is 13.2 Å². The molecule has 0 fully saturated rings. The normalized spacial score (nSPS) is 11.2. The zero-order valence-electron chi connectivity index (χ0n) is 11.5. The second-order valence-electron chi connectivity index (χ2n) is 4.97.